The highest BCUT2D eigenvalue weighted by Crippen LogP contribution is 2.22. The number of halogens is 1. The summed E-state index contributed by atoms with van der Waals surface area (Å²) < 4.78 is 1.82. The number of hydrogen-bond donors (Lipinski definition) is 1. The van der Waals surface area contributed by atoms with Gasteiger partial charge in [0.15, 0.2) is 5.82 Å². The van der Waals surface area contributed by atoms with Crippen molar-refractivity contribution in [2.75, 3.05) is 0 Å². The van der Waals surface area contributed by atoms with Gasteiger partial charge in [-0.05, 0) is 29.3 Å². The molecule has 0 radical (unpaired) electrons. The van der Waals surface area contributed by atoms with Crippen LogP contribution in [0.5, 0.6) is 0 Å². The highest BCUT2D eigenvalue weighted by Gasteiger charge is 2.18. The van der Waals surface area contributed by atoms with Gasteiger partial charge in [-0.15, -0.1) is 0 Å². The summed E-state index contributed by atoms with van der Waals surface area (Å²) in [5.74, 6) is -0.119. The van der Waals surface area contributed by atoms with Crippen LogP contribution in [-0.2, 0) is 13.1 Å². The van der Waals surface area contributed by atoms with Crippen LogP contribution in [0.1, 0.15) is 21.7 Å². The number of nitro benzene ring substituents is 1. The molecular weight excluding hydrogens is 404 g/mol. The van der Waals surface area contributed by atoms with Crippen LogP contribution in [0.2, 0.25) is 5.02 Å². The van der Waals surface area contributed by atoms with Gasteiger partial charge in [-0.1, -0.05) is 54.1 Å². The summed E-state index contributed by atoms with van der Waals surface area (Å²) in [6.07, 6.45) is 0. The lowest BCUT2D eigenvalue weighted by atomic mass is 10.2. The molecule has 1 N–H and O–H groups in total. The van der Waals surface area contributed by atoms with Crippen LogP contribution in [0.15, 0.2) is 72.8 Å². The van der Waals surface area contributed by atoms with E-state index in [0.29, 0.717) is 22.6 Å². The van der Waals surface area contributed by atoms with E-state index in [9.17, 15) is 14.9 Å². The number of carbonyl (C=O) groups is 1. The number of amides is 1. The molecule has 0 aliphatic rings. The number of nitro groups is 1. The number of aromatic nitrogens is 2. The van der Waals surface area contributed by atoms with E-state index in [1.807, 2.05) is 34.9 Å². The fourth-order valence-electron chi connectivity index (χ4n) is 3.24. The van der Waals surface area contributed by atoms with Crippen LogP contribution in [0.25, 0.3) is 11.0 Å². The molecule has 0 saturated heterocycles. The van der Waals surface area contributed by atoms with Gasteiger partial charge in [0, 0.05) is 30.2 Å². The van der Waals surface area contributed by atoms with Gasteiger partial charge >= 0.3 is 0 Å². The molecule has 3 aromatic carbocycles. The Morgan fingerprint density at radius 2 is 1.80 bits per heavy atom. The third kappa shape index (κ3) is 4.16. The predicted molar refractivity (Wildman–Crippen MR) is 115 cm³/mol. The van der Waals surface area contributed by atoms with Gasteiger partial charge < -0.3 is 9.88 Å². The second kappa shape index (κ2) is 8.34. The Kier molecular flexibility index (Phi) is 5.45. The number of rotatable bonds is 6. The lowest BCUT2D eigenvalue weighted by Gasteiger charge is -2.10. The Bertz CT molecular complexity index is 1240. The third-order valence-electron chi connectivity index (χ3n) is 4.67. The molecule has 0 unspecified atom stereocenters. The van der Waals surface area contributed by atoms with Gasteiger partial charge in [0.05, 0.1) is 16.0 Å². The maximum atomic E-state index is 12.9. The number of non-ortho nitro benzene ring substituents is 1. The number of nitrogens with zero attached hydrogens (tertiary/aromatic N) is 3. The van der Waals surface area contributed by atoms with Gasteiger partial charge in [0.2, 0.25) is 0 Å². The zero-order chi connectivity index (χ0) is 21.1. The molecule has 0 saturated carbocycles. The van der Waals surface area contributed by atoms with E-state index in [2.05, 4.69) is 10.3 Å². The highest BCUT2D eigenvalue weighted by atomic mass is 35.5. The zero-order valence-corrected chi connectivity index (χ0v) is 16.5. The lowest BCUT2D eigenvalue weighted by molar-refractivity contribution is -0.384. The van der Waals surface area contributed by atoms with Crippen LogP contribution < -0.4 is 5.32 Å². The molecule has 4 rings (SSSR count). The minimum absolute atomic E-state index is 0.0206. The molecule has 7 nitrogen and oxygen atoms in total. The molecule has 30 heavy (non-hydrogen) atoms. The fraction of sp³-hybridized carbons (Fsp3) is 0.0909. The maximum Gasteiger partial charge on any atom is 0.287 e. The third-order valence-corrected chi connectivity index (χ3v) is 4.91. The first-order valence-electron chi connectivity index (χ1n) is 9.22. The van der Waals surface area contributed by atoms with Gasteiger partial charge in [0.25, 0.3) is 11.6 Å². The van der Waals surface area contributed by atoms with Crippen LogP contribution in [-0.4, -0.2) is 20.4 Å². The summed E-state index contributed by atoms with van der Waals surface area (Å²) in [6, 6.07) is 21.2. The topological polar surface area (TPSA) is 90.1 Å². The van der Waals surface area contributed by atoms with Crippen molar-refractivity contribution in [3.63, 3.8) is 0 Å². The summed E-state index contributed by atoms with van der Waals surface area (Å²) in [6.45, 7) is 0.604. The number of fused-ring (bicyclic) bond motifs is 1. The molecule has 4 aromatic rings. The summed E-state index contributed by atoms with van der Waals surface area (Å²) in [5.41, 5.74) is 3.05. The first-order valence-corrected chi connectivity index (χ1v) is 9.60. The largest absolute Gasteiger partial charge is 0.345 e. The Morgan fingerprint density at radius 1 is 1.03 bits per heavy atom. The fourth-order valence-corrected chi connectivity index (χ4v) is 3.40. The average molecular weight is 421 g/mol. The SMILES string of the molecule is O=C(NCc1cccc([N+](=O)[O-])c1)c1nc2ccc(Cl)cc2n1Cc1ccccc1. The summed E-state index contributed by atoms with van der Waals surface area (Å²) in [5, 5.41) is 14.3. The van der Waals surface area contributed by atoms with Crippen molar-refractivity contribution in [3.05, 3.63) is 105 Å². The average Bonchev–Trinajstić information content (AvgIpc) is 3.10. The van der Waals surface area contributed by atoms with E-state index < -0.39 is 4.92 Å². The second-order valence-corrected chi connectivity index (χ2v) is 7.19. The summed E-state index contributed by atoms with van der Waals surface area (Å²) in [7, 11) is 0. The Labute approximate surface area is 177 Å². The summed E-state index contributed by atoms with van der Waals surface area (Å²) >= 11 is 6.17. The van der Waals surface area contributed by atoms with Crippen molar-refractivity contribution >= 4 is 34.2 Å². The number of carbonyl (C=O) groups excluding carboxylic acids is 1. The monoisotopic (exact) mass is 420 g/mol. The first kappa shape index (κ1) is 19.6. The van der Waals surface area contributed by atoms with Crippen LogP contribution in [0.3, 0.4) is 0 Å². The lowest BCUT2D eigenvalue weighted by Crippen LogP contribution is -2.26. The minimum Gasteiger partial charge on any atom is -0.345 e. The number of benzene rings is 3. The smallest absolute Gasteiger partial charge is 0.287 e. The van der Waals surface area contributed by atoms with Crippen LogP contribution >= 0.6 is 11.6 Å². The number of hydrogen-bond acceptors (Lipinski definition) is 4. The van der Waals surface area contributed by atoms with Crippen molar-refractivity contribution in [1.82, 2.24) is 14.9 Å². The van der Waals surface area contributed by atoms with Crippen LogP contribution in [0.4, 0.5) is 5.69 Å². The zero-order valence-electron chi connectivity index (χ0n) is 15.8. The van der Waals surface area contributed by atoms with Crippen LogP contribution in [0, 0.1) is 10.1 Å². The quantitative estimate of drug-likeness (QED) is 0.365. The van der Waals surface area contributed by atoms with E-state index in [1.165, 1.54) is 12.1 Å². The second-order valence-electron chi connectivity index (χ2n) is 6.75. The molecule has 0 spiro atoms. The van der Waals surface area contributed by atoms with E-state index >= 15 is 0 Å². The first-order chi connectivity index (χ1) is 14.5. The van der Waals surface area contributed by atoms with E-state index in [1.54, 1.807) is 30.3 Å². The molecule has 0 aliphatic carbocycles. The Morgan fingerprint density at radius 3 is 2.57 bits per heavy atom. The molecule has 1 heterocycles. The van der Waals surface area contributed by atoms with E-state index in [4.69, 9.17) is 11.6 Å². The Hall–Kier alpha value is -3.71. The van der Waals surface area contributed by atoms with Crippen molar-refractivity contribution < 1.29 is 9.72 Å². The molecular formula is C22H17ClN4O3. The van der Waals surface area contributed by atoms with Gasteiger partial charge in [0.1, 0.15) is 0 Å². The number of nitrogens with one attached hydrogen (secondary N) is 1. The van der Waals surface area contributed by atoms with Crippen molar-refractivity contribution in [2.24, 2.45) is 0 Å². The van der Waals surface area contributed by atoms with Crippen molar-refractivity contribution in [1.29, 1.82) is 0 Å². The predicted octanol–water partition coefficient (Wildman–Crippen LogP) is 4.58. The molecule has 0 bridgehead atoms. The van der Waals surface area contributed by atoms with E-state index in [-0.39, 0.29) is 24.0 Å². The molecule has 1 aromatic heterocycles. The highest BCUT2D eigenvalue weighted by molar-refractivity contribution is 6.31. The summed E-state index contributed by atoms with van der Waals surface area (Å²) in [4.78, 5) is 27.9. The number of imidazole rings is 1. The van der Waals surface area contributed by atoms with Gasteiger partial charge in [-0.2, -0.15) is 0 Å². The minimum atomic E-state index is -0.464. The molecule has 0 aliphatic heterocycles. The molecule has 0 atom stereocenters. The van der Waals surface area contributed by atoms with Gasteiger partial charge in [-0.3, -0.25) is 14.9 Å². The van der Waals surface area contributed by atoms with Crippen molar-refractivity contribution in [2.45, 2.75) is 13.1 Å². The molecule has 8 heteroatoms. The molecule has 1 amide bonds. The molecule has 0 fully saturated rings. The van der Waals surface area contributed by atoms with Gasteiger partial charge in [-0.25, -0.2) is 4.98 Å². The normalized spacial score (nSPS) is 10.8. The standard InChI is InChI=1S/C22H17ClN4O3/c23-17-9-10-19-20(12-17)26(14-15-5-2-1-3-6-15)21(25-19)22(28)24-13-16-7-4-8-18(11-16)27(29)30/h1-12H,13-14H2,(H,24,28). The maximum absolute atomic E-state index is 12.9. The Balaban J connectivity index is 1.64. The van der Waals surface area contributed by atoms with Crippen molar-refractivity contribution in [3.8, 4) is 0 Å². The van der Waals surface area contributed by atoms with E-state index in [0.717, 1.165) is 11.1 Å². The molecule has 150 valence electrons.